The van der Waals surface area contributed by atoms with Crippen molar-refractivity contribution in [3.63, 3.8) is 0 Å². The highest BCUT2D eigenvalue weighted by molar-refractivity contribution is 5.91. The Hall–Kier alpha value is -3.31. The van der Waals surface area contributed by atoms with Crippen LogP contribution in [0.4, 0.5) is 5.69 Å². The molecule has 0 aliphatic carbocycles. The number of amides is 1. The van der Waals surface area contributed by atoms with Gasteiger partial charge in [0, 0.05) is 12.3 Å². The molecule has 3 aromatic carbocycles. The molecule has 1 heterocycles. The number of nitrogens with one attached hydrogen (secondary N) is 1. The van der Waals surface area contributed by atoms with E-state index in [9.17, 15) is 4.79 Å². The molecule has 1 saturated heterocycles. The lowest BCUT2D eigenvalue weighted by Gasteiger charge is -2.12. The second-order valence-electron chi connectivity index (χ2n) is 7.20. The smallest absolute Gasteiger partial charge is 0.262 e. The van der Waals surface area contributed by atoms with Crippen molar-refractivity contribution in [3.05, 3.63) is 78.9 Å². The molecule has 4 rings (SSSR count). The van der Waals surface area contributed by atoms with E-state index in [0.29, 0.717) is 18.0 Å². The Kier molecular flexibility index (Phi) is 6.62. The number of ether oxygens (including phenoxy) is 3. The molecule has 154 valence electrons. The fourth-order valence-electron chi connectivity index (χ4n) is 3.32. The molecule has 0 unspecified atom stereocenters. The molecule has 1 amide bonds. The van der Waals surface area contributed by atoms with Gasteiger partial charge in [-0.25, -0.2) is 0 Å². The number of benzene rings is 3. The summed E-state index contributed by atoms with van der Waals surface area (Å²) in [7, 11) is 0. The van der Waals surface area contributed by atoms with Gasteiger partial charge in [-0.2, -0.15) is 0 Å². The van der Waals surface area contributed by atoms with Gasteiger partial charge in [-0.1, -0.05) is 42.5 Å². The van der Waals surface area contributed by atoms with Gasteiger partial charge in [-0.3, -0.25) is 4.79 Å². The summed E-state index contributed by atoms with van der Waals surface area (Å²) in [4.78, 5) is 12.2. The maximum Gasteiger partial charge on any atom is 0.262 e. The number of carbonyl (C=O) groups is 1. The molecule has 0 aromatic heterocycles. The van der Waals surface area contributed by atoms with Crippen molar-refractivity contribution in [3.8, 4) is 22.6 Å². The van der Waals surface area contributed by atoms with Gasteiger partial charge in [0.2, 0.25) is 0 Å². The van der Waals surface area contributed by atoms with Crippen LogP contribution in [-0.4, -0.2) is 31.8 Å². The Morgan fingerprint density at radius 1 is 0.867 bits per heavy atom. The third-order valence-electron chi connectivity index (χ3n) is 4.93. The van der Waals surface area contributed by atoms with Crippen molar-refractivity contribution in [1.29, 1.82) is 0 Å². The summed E-state index contributed by atoms with van der Waals surface area (Å²) in [6.45, 7) is 1.32. The Labute approximate surface area is 176 Å². The van der Waals surface area contributed by atoms with Crippen LogP contribution in [0.25, 0.3) is 11.1 Å². The molecule has 30 heavy (non-hydrogen) atoms. The van der Waals surface area contributed by atoms with Gasteiger partial charge in [-0.05, 0) is 60.4 Å². The molecule has 1 aliphatic rings. The van der Waals surface area contributed by atoms with Crippen molar-refractivity contribution >= 4 is 11.6 Å². The van der Waals surface area contributed by atoms with E-state index in [1.165, 1.54) is 0 Å². The largest absolute Gasteiger partial charge is 0.491 e. The maximum atomic E-state index is 12.2. The average molecular weight is 403 g/mol. The van der Waals surface area contributed by atoms with E-state index in [0.717, 1.165) is 36.3 Å². The van der Waals surface area contributed by atoms with Crippen LogP contribution >= 0.6 is 0 Å². The van der Waals surface area contributed by atoms with Crippen LogP contribution in [0.3, 0.4) is 0 Å². The molecule has 0 radical (unpaired) electrons. The molecule has 0 spiro atoms. The summed E-state index contributed by atoms with van der Waals surface area (Å²) in [5.41, 5.74) is 2.95. The van der Waals surface area contributed by atoms with E-state index in [1.54, 1.807) is 0 Å². The summed E-state index contributed by atoms with van der Waals surface area (Å²) in [5.74, 6) is 1.20. The van der Waals surface area contributed by atoms with Gasteiger partial charge in [0.25, 0.3) is 5.91 Å². The second kappa shape index (κ2) is 9.94. The molecular weight excluding hydrogens is 378 g/mol. The van der Waals surface area contributed by atoms with E-state index >= 15 is 0 Å². The molecule has 1 fully saturated rings. The van der Waals surface area contributed by atoms with Gasteiger partial charge >= 0.3 is 0 Å². The molecule has 1 N–H and O–H groups in total. The van der Waals surface area contributed by atoms with Crippen LogP contribution in [-0.2, 0) is 9.53 Å². The molecule has 3 aromatic rings. The predicted molar refractivity (Wildman–Crippen MR) is 117 cm³/mol. The molecule has 0 bridgehead atoms. The quantitative estimate of drug-likeness (QED) is 0.579. The van der Waals surface area contributed by atoms with Gasteiger partial charge in [-0.15, -0.1) is 0 Å². The van der Waals surface area contributed by atoms with Gasteiger partial charge < -0.3 is 19.5 Å². The summed E-state index contributed by atoms with van der Waals surface area (Å²) < 4.78 is 16.9. The summed E-state index contributed by atoms with van der Waals surface area (Å²) in [6, 6.07) is 25.1. The molecule has 5 nitrogen and oxygen atoms in total. The first-order chi connectivity index (χ1) is 14.8. The molecule has 1 atom stereocenters. The highest BCUT2D eigenvalue weighted by Gasteiger charge is 2.15. The van der Waals surface area contributed by atoms with Crippen molar-refractivity contribution < 1.29 is 19.0 Å². The predicted octanol–water partition coefficient (Wildman–Crippen LogP) is 4.93. The Morgan fingerprint density at radius 3 is 2.23 bits per heavy atom. The number of anilines is 1. The number of carbonyl (C=O) groups excluding carboxylic acids is 1. The van der Waals surface area contributed by atoms with E-state index in [2.05, 4.69) is 17.4 Å². The van der Waals surface area contributed by atoms with E-state index < -0.39 is 0 Å². The number of hydrogen-bond donors (Lipinski definition) is 1. The second-order valence-corrected chi connectivity index (χ2v) is 7.20. The standard InChI is InChI=1S/C25H25NO4/c27-25(18-30-22-12-8-20(9-13-22)19-5-2-1-3-6-19)26-21-10-14-23(15-11-21)29-17-24-7-4-16-28-24/h1-3,5-6,8-15,24H,4,7,16-18H2,(H,26,27)/t24-/m1/s1. The van der Waals surface area contributed by atoms with E-state index in [-0.39, 0.29) is 18.6 Å². The van der Waals surface area contributed by atoms with Crippen LogP contribution in [0.2, 0.25) is 0 Å². The normalized spacial score (nSPS) is 15.5. The fraction of sp³-hybridized carbons (Fsp3) is 0.240. The minimum Gasteiger partial charge on any atom is -0.491 e. The Morgan fingerprint density at radius 2 is 1.53 bits per heavy atom. The fourth-order valence-corrected chi connectivity index (χ4v) is 3.32. The van der Waals surface area contributed by atoms with Gasteiger partial charge in [0.15, 0.2) is 6.61 Å². The summed E-state index contributed by atoms with van der Waals surface area (Å²) in [6.07, 6.45) is 2.32. The molecule has 1 aliphatic heterocycles. The average Bonchev–Trinajstić information content (AvgIpc) is 3.32. The highest BCUT2D eigenvalue weighted by Crippen LogP contribution is 2.22. The zero-order chi connectivity index (χ0) is 20.6. The van der Waals surface area contributed by atoms with Crippen molar-refractivity contribution in [1.82, 2.24) is 0 Å². The van der Waals surface area contributed by atoms with Crippen LogP contribution in [0.15, 0.2) is 78.9 Å². The first-order valence-electron chi connectivity index (χ1n) is 10.2. The number of hydrogen-bond acceptors (Lipinski definition) is 4. The monoisotopic (exact) mass is 403 g/mol. The highest BCUT2D eigenvalue weighted by atomic mass is 16.5. The van der Waals surface area contributed by atoms with E-state index in [4.69, 9.17) is 14.2 Å². The topological polar surface area (TPSA) is 56.8 Å². The van der Waals surface area contributed by atoms with Gasteiger partial charge in [0.1, 0.15) is 18.1 Å². The molecule has 5 heteroatoms. The summed E-state index contributed by atoms with van der Waals surface area (Å²) in [5, 5.41) is 2.83. The first-order valence-corrected chi connectivity index (χ1v) is 10.2. The SMILES string of the molecule is O=C(COc1ccc(-c2ccccc2)cc1)Nc1ccc(OC[C@H]2CCCO2)cc1. The zero-order valence-electron chi connectivity index (χ0n) is 16.8. The van der Waals surface area contributed by atoms with E-state index in [1.807, 2.05) is 66.7 Å². The summed E-state index contributed by atoms with van der Waals surface area (Å²) >= 11 is 0. The lowest BCUT2D eigenvalue weighted by molar-refractivity contribution is -0.118. The third kappa shape index (κ3) is 5.61. The minimum atomic E-state index is -0.213. The van der Waals surface area contributed by atoms with Crippen LogP contribution in [0, 0.1) is 0 Å². The van der Waals surface area contributed by atoms with Crippen molar-refractivity contribution in [2.75, 3.05) is 25.1 Å². The lowest BCUT2D eigenvalue weighted by Crippen LogP contribution is -2.20. The molecular formula is C25H25NO4. The maximum absolute atomic E-state index is 12.2. The van der Waals surface area contributed by atoms with Crippen molar-refractivity contribution in [2.45, 2.75) is 18.9 Å². The lowest BCUT2D eigenvalue weighted by atomic mass is 10.1. The zero-order valence-corrected chi connectivity index (χ0v) is 16.8. The van der Waals surface area contributed by atoms with Gasteiger partial charge in [0.05, 0.1) is 6.10 Å². The van der Waals surface area contributed by atoms with Crippen molar-refractivity contribution in [2.24, 2.45) is 0 Å². The molecule has 0 saturated carbocycles. The van der Waals surface area contributed by atoms with Crippen LogP contribution < -0.4 is 14.8 Å². The third-order valence-corrected chi connectivity index (χ3v) is 4.93. The number of rotatable bonds is 8. The Balaban J connectivity index is 1.22. The minimum absolute atomic E-state index is 0.0536. The Bertz CT molecular complexity index is 933. The van der Waals surface area contributed by atoms with Crippen LogP contribution in [0.1, 0.15) is 12.8 Å². The van der Waals surface area contributed by atoms with Crippen LogP contribution in [0.5, 0.6) is 11.5 Å². The first kappa shape index (κ1) is 20.0.